The van der Waals surface area contributed by atoms with E-state index in [0.717, 1.165) is 35.1 Å². The van der Waals surface area contributed by atoms with Crippen molar-refractivity contribution in [2.45, 2.75) is 25.7 Å². The zero-order valence-electron chi connectivity index (χ0n) is 7.71. The highest BCUT2D eigenvalue weighted by atomic mass is 32.1. The van der Waals surface area contributed by atoms with E-state index in [1.165, 1.54) is 23.3 Å². The van der Waals surface area contributed by atoms with Crippen LogP contribution in [0.3, 0.4) is 0 Å². The molecule has 0 fully saturated rings. The van der Waals surface area contributed by atoms with Gasteiger partial charge in [0, 0.05) is 11.8 Å². The maximum atomic E-state index is 11.6. The second-order valence-corrected chi connectivity index (χ2v) is 4.58. The van der Waals surface area contributed by atoms with Crippen molar-refractivity contribution in [3.63, 3.8) is 0 Å². The summed E-state index contributed by atoms with van der Waals surface area (Å²) in [4.78, 5) is 11.6. The SMILES string of the molecule is O=c1oc2c(c3ccsc13)CCCC2. The molecule has 14 heavy (non-hydrogen) atoms. The fraction of sp³-hybridized carbons (Fsp3) is 0.364. The Bertz CT molecular complexity index is 536. The minimum Gasteiger partial charge on any atom is -0.427 e. The Labute approximate surface area is 85.2 Å². The number of fused-ring (bicyclic) bond motifs is 3. The molecule has 0 radical (unpaired) electrons. The summed E-state index contributed by atoms with van der Waals surface area (Å²) in [5.41, 5.74) is 1.11. The van der Waals surface area contributed by atoms with Crippen LogP contribution in [0.15, 0.2) is 20.7 Å². The van der Waals surface area contributed by atoms with Crippen molar-refractivity contribution < 1.29 is 4.42 Å². The molecule has 72 valence electrons. The average Bonchev–Trinajstić information content (AvgIpc) is 2.67. The maximum absolute atomic E-state index is 11.6. The van der Waals surface area contributed by atoms with E-state index in [2.05, 4.69) is 0 Å². The van der Waals surface area contributed by atoms with Crippen LogP contribution in [0.1, 0.15) is 24.2 Å². The van der Waals surface area contributed by atoms with Crippen LogP contribution < -0.4 is 5.63 Å². The molecule has 0 aromatic carbocycles. The largest absolute Gasteiger partial charge is 0.427 e. The number of hydrogen-bond donors (Lipinski definition) is 0. The third-order valence-electron chi connectivity index (χ3n) is 2.81. The van der Waals surface area contributed by atoms with Crippen LogP contribution in [0, 0.1) is 0 Å². The van der Waals surface area contributed by atoms with Crippen molar-refractivity contribution in [3.8, 4) is 0 Å². The van der Waals surface area contributed by atoms with E-state index in [9.17, 15) is 4.79 Å². The minimum atomic E-state index is -0.157. The Hall–Kier alpha value is -1.09. The van der Waals surface area contributed by atoms with Gasteiger partial charge in [0.25, 0.3) is 0 Å². The molecule has 2 aromatic heterocycles. The van der Waals surface area contributed by atoms with Gasteiger partial charge >= 0.3 is 5.63 Å². The first-order chi connectivity index (χ1) is 6.86. The molecule has 2 heterocycles. The number of thiophene rings is 1. The number of aryl methyl sites for hydroxylation is 2. The molecule has 3 rings (SSSR count). The molecule has 0 N–H and O–H groups in total. The van der Waals surface area contributed by atoms with Crippen LogP contribution >= 0.6 is 11.3 Å². The fourth-order valence-electron chi connectivity index (χ4n) is 2.14. The summed E-state index contributed by atoms with van der Waals surface area (Å²) in [7, 11) is 0. The van der Waals surface area contributed by atoms with Gasteiger partial charge in [0.2, 0.25) is 0 Å². The number of hydrogen-bond acceptors (Lipinski definition) is 3. The number of rotatable bonds is 0. The zero-order chi connectivity index (χ0) is 9.54. The molecule has 1 aliphatic rings. The van der Waals surface area contributed by atoms with Crippen LogP contribution in [0.4, 0.5) is 0 Å². The summed E-state index contributed by atoms with van der Waals surface area (Å²) in [6, 6.07) is 2.04. The molecular formula is C11H10O2S. The van der Waals surface area contributed by atoms with E-state index in [4.69, 9.17) is 4.42 Å². The molecule has 0 spiro atoms. The molecule has 1 aliphatic carbocycles. The van der Waals surface area contributed by atoms with E-state index < -0.39 is 0 Å². The lowest BCUT2D eigenvalue weighted by Crippen LogP contribution is -2.09. The Kier molecular flexibility index (Phi) is 1.74. The van der Waals surface area contributed by atoms with Crippen molar-refractivity contribution in [2.75, 3.05) is 0 Å². The minimum absolute atomic E-state index is 0.157. The Morgan fingerprint density at radius 2 is 2.14 bits per heavy atom. The Morgan fingerprint density at radius 1 is 1.29 bits per heavy atom. The molecule has 0 bridgehead atoms. The van der Waals surface area contributed by atoms with Gasteiger partial charge in [-0.05, 0) is 36.3 Å². The third-order valence-corrected chi connectivity index (χ3v) is 3.70. The van der Waals surface area contributed by atoms with E-state index >= 15 is 0 Å². The van der Waals surface area contributed by atoms with Gasteiger partial charge in [-0.25, -0.2) is 4.79 Å². The molecular weight excluding hydrogens is 196 g/mol. The first-order valence-corrected chi connectivity index (χ1v) is 5.76. The van der Waals surface area contributed by atoms with Crippen LogP contribution in [-0.2, 0) is 12.8 Å². The van der Waals surface area contributed by atoms with Gasteiger partial charge < -0.3 is 4.42 Å². The molecule has 3 heteroatoms. The summed E-state index contributed by atoms with van der Waals surface area (Å²) in [5.74, 6) is 0.923. The Morgan fingerprint density at radius 3 is 3.07 bits per heavy atom. The lowest BCUT2D eigenvalue weighted by Gasteiger charge is -2.13. The average molecular weight is 206 g/mol. The quantitative estimate of drug-likeness (QED) is 0.663. The molecule has 0 saturated carbocycles. The smallest absolute Gasteiger partial charge is 0.354 e. The second-order valence-electron chi connectivity index (χ2n) is 3.66. The summed E-state index contributed by atoms with van der Waals surface area (Å²) < 4.78 is 6.11. The Balaban J connectivity index is 2.44. The molecule has 2 nitrogen and oxygen atoms in total. The second kappa shape index (κ2) is 2.95. The predicted molar refractivity (Wildman–Crippen MR) is 57.0 cm³/mol. The van der Waals surface area contributed by atoms with Gasteiger partial charge in [-0.2, -0.15) is 0 Å². The highest BCUT2D eigenvalue weighted by Gasteiger charge is 2.17. The highest BCUT2D eigenvalue weighted by Crippen LogP contribution is 2.29. The lowest BCUT2D eigenvalue weighted by molar-refractivity contribution is 0.437. The van der Waals surface area contributed by atoms with Gasteiger partial charge in [0.1, 0.15) is 10.5 Å². The monoisotopic (exact) mass is 206 g/mol. The van der Waals surface area contributed by atoms with Crippen molar-refractivity contribution in [1.29, 1.82) is 0 Å². The van der Waals surface area contributed by atoms with E-state index in [1.807, 2.05) is 11.4 Å². The van der Waals surface area contributed by atoms with E-state index in [-0.39, 0.29) is 5.63 Å². The van der Waals surface area contributed by atoms with Crippen molar-refractivity contribution in [2.24, 2.45) is 0 Å². The molecule has 0 atom stereocenters. The van der Waals surface area contributed by atoms with Gasteiger partial charge in [-0.1, -0.05) is 0 Å². The summed E-state index contributed by atoms with van der Waals surface area (Å²) in [6.07, 6.45) is 4.35. The normalized spacial score (nSPS) is 15.7. The van der Waals surface area contributed by atoms with Crippen LogP contribution in [0.5, 0.6) is 0 Å². The molecule has 0 saturated heterocycles. The molecule has 0 aliphatic heterocycles. The fourth-order valence-corrected chi connectivity index (χ4v) is 2.93. The standard InChI is InChI=1S/C11H10O2S/c12-11-10-8(5-6-14-10)7-3-1-2-4-9(7)13-11/h5-6H,1-4H2. The summed E-state index contributed by atoms with van der Waals surface area (Å²) in [5, 5.41) is 3.09. The molecule has 0 amide bonds. The van der Waals surface area contributed by atoms with Crippen LogP contribution in [-0.4, -0.2) is 0 Å². The van der Waals surface area contributed by atoms with Gasteiger partial charge in [-0.3, -0.25) is 0 Å². The van der Waals surface area contributed by atoms with Crippen molar-refractivity contribution >= 4 is 21.4 Å². The van der Waals surface area contributed by atoms with Gasteiger partial charge in [-0.15, -0.1) is 11.3 Å². The highest BCUT2D eigenvalue weighted by molar-refractivity contribution is 7.17. The van der Waals surface area contributed by atoms with E-state index in [0.29, 0.717) is 0 Å². The topological polar surface area (TPSA) is 30.2 Å². The van der Waals surface area contributed by atoms with Crippen LogP contribution in [0.2, 0.25) is 0 Å². The molecule has 0 unspecified atom stereocenters. The van der Waals surface area contributed by atoms with Gasteiger partial charge in [0.15, 0.2) is 0 Å². The maximum Gasteiger partial charge on any atom is 0.354 e. The molecule has 2 aromatic rings. The van der Waals surface area contributed by atoms with Crippen LogP contribution in [0.25, 0.3) is 10.1 Å². The van der Waals surface area contributed by atoms with Crippen molar-refractivity contribution in [3.05, 3.63) is 33.2 Å². The third kappa shape index (κ3) is 1.05. The summed E-state index contributed by atoms with van der Waals surface area (Å²) in [6.45, 7) is 0. The van der Waals surface area contributed by atoms with E-state index in [1.54, 1.807) is 0 Å². The predicted octanol–water partition coefficient (Wildman–Crippen LogP) is 2.73. The van der Waals surface area contributed by atoms with Gasteiger partial charge in [0.05, 0.1) is 0 Å². The van der Waals surface area contributed by atoms with Crippen molar-refractivity contribution in [1.82, 2.24) is 0 Å². The summed E-state index contributed by atoms with van der Waals surface area (Å²) >= 11 is 1.48. The first kappa shape index (κ1) is 8.24. The first-order valence-electron chi connectivity index (χ1n) is 4.88. The lowest BCUT2D eigenvalue weighted by atomic mass is 9.95. The zero-order valence-corrected chi connectivity index (χ0v) is 8.52.